The van der Waals surface area contributed by atoms with Gasteiger partial charge >= 0.3 is 0 Å². The lowest BCUT2D eigenvalue weighted by Gasteiger charge is -2.26. The minimum Gasteiger partial charge on any atom is -0.381 e. The molecule has 0 radical (unpaired) electrons. The molecule has 7 nitrogen and oxygen atoms in total. The minimum atomic E-state index is -0.0442. The van der Waals surface area contributed by atoms with Gasteiger partial charge in [0.2, 0.25) is 11.8 Å². The Morgan fingerprint density at radius 1 is 1.03 bits per heavy atom. The Morgan fingerprint density at radius 3 is 2.17 bits per heavy atom. The van der Waals surface area contributed by atoms with Gasteiger partial charge in [0, 0.05) is 56.6 Å². The van der Waals surface area contributed by atoms with E-state index >= 15 is 0 Å². The summed E-state index contributed by atoms with van der Waals surface area (Å²) in [5.41, 5.74) is 0.892. The molecule has 2 N–H and O–H groups in total. The lowest BCUT2D eigenvalue weighted by Crippen LogP contribution is -2.36. The first-order valence-electron chi connectivity index (χ1n) is 10.7. The topological polar surface area (TPSA) is 89.6 Å². The molecule has 2 fully saturated rings. The van der Waals surface area contributed by atoms with Gasteiger partial charge in [-0.15, -0.1) is 11.3 Å². The average Bonchev–Trinajstić information content (AvgIpc) is 3.20. The Morgan fingerprint density at radius 2 is 1.59 bits per heavy atom. The molecule has 8 heteroatoms. The molecule has 0 saturated carbocycles. The van der Waals surface area contributed by atoms with Gasteiger partial charge in [-0.25, -0.2) is 4.98 Å². The Labute approximate surface area is 176 Å². The van der Waals surface area contributed by atoms with E-state index in [4.69, 9.17) is 9.47 Å². The van der Waals surface area contributed by atoms with Crippen LogP contribution in [0.1, 0.15) is 45.2 Å². The fraction of sp³-hybridized carbons (Fsp3) is 0.762. The Hall–Kier alpha value is -1.51. The number of carbonyl (C=O) groups excluding carboxylic acids is 2. The zero-order chi connectivity index (χ0) is 20.6. The maximum atomic E-state index is 12.5. The summed E-state index contributed by atoms with van der Waals surface area (Å²) in [6, 6.07) is 0. The largest absolute Gasteiger partial charge is 0.381 e. The summed E-state index contributed by atoms with van der Waals surface area (Å²) < 4.78 is 10.8. The van der Waals surface area contributed by atoms with Crippen molar-refractivity contribution in [2.24, 2.45) is 23.7 Å². The van der Waals surface area contributed by atoms with Crippen LogP contribution in [0.4, 0.5) is 5.13 Å². The zero-order valence-corrected chi connectivity index (χ0v) is 18.3. The van der Waals surface area contributed by atoms with Crippen molar-refractivity contribution in [1.29, 1.82) is 0 Å². The molecule has 2 aliphatic rings. The highest BCUT2D eigenvalue weighted by molar-refractivity contribution is 7.13. The number of nitrogens with zero attached hydrogens (tertiary/aromatic N) is 1. The van der Waals surface area contributed by atoms with Crippen LogP contribution in [0.2, 0.25) is 0 Å². The van der Waals surface area contributed by atoms with Gasteiger partial charge in [-0.05, 0) is 37.5 Å². The molecule has 2 amide bonds. The van der Waals surface area contributed by atoms with Crippen LogP contribution >= 0.6 is 11.3 Å². The minimum absolute atomic E-state index is 0.0101. The van der Waals surface area contributed by atoms with Crippen LogP contribution in [0, 0.1) is 23.7 Å². The van der Waals surface area contributed by atoms with E-state index in [9.17, 15) is 9.59 Å². The summed E-state index contributed by atoms with van der Waals surface area (Å²) >= 11 is 1.44. The van der Waals surface area contributed by atoms with Crippen LogP contribution in [-0.2, 0) is 25.5 Å². The predicted molar refractivity (Wildman–Crippen MR) is 113 cm³/mol. The molecule has 0 aromatic carbocycles. The van der Waals surface area contributed by atoms with E-state index in [0.29, 0.717) is 29.9 Å². The van der Waals surface area contributed by atoms with Crippen LogP contribution in [-0.4, -0.2) is 49.8 Å². The van der Waals surface area contributed by atoms with E-state index in [-0.39, 0.29) is 23.7 Å². The molecular weight excluding hydrogens is 390 g/mol. The van der Waals surface area contributed by atoms with Crippen LogP contribution < -0.4 is 10.6 Å². The number of anilines is 1. The summed E-state index contributed by atoms with van der Waals surface area (Å²) in [5, 5.41) is 8.55. The van der Waals surface area contributed by atoms with Crippen LogP contribution in [0.3, 0.4) is 0 Å². The van der Waals surface area contributed by atoms with Crippen molar-refractivity contribution in [3.05, 3.63) is 11.1 Å². The van der Waals surface area contributed by atoms with Crippen LogP contribution in [0.5, 0.6) is 0 Å². The van der Waals surface area contributed by atoms with Gasteiger partial charge in [0.25, 0.3) is 0 Å². The van der Waals surface area contributed by atoms with Crippen LogP contribution in [0.15, 0.2) is 5.38 Å². The van der Waals surface area contributed by atoms with Crippen molar-refractivity contribution < 1.29 is 19.1 Å². The predicted octanol–water partition coefficient (Wildman–Crippen LogP) is 2.87. The molecule has 162 valence electrons. The molecule has 3 rings (SSSR count). The molecule has 29 heavy (non-hydrogen) atoms. The summed E-state index contributed by atoms with van der Waals surface area (Å²) in [4.78, 5) is 29.4. The fourth-order valence-electron chi connectivity index (χ4n) is 4.03. The van der Waals surface area contributed by atoms with E-state index in [1.807, 2.05) is 19.2 Å². The molecule has 3 heterocycles. The second kappa shape index (κ2) is 11.0. The third-order valence-corrected chi connectivity index (χ3v) is 7.04. The number of nitrogens with one attached hydrogen (secondary N) is 2. The standard InChI is InChI=1S/C21H33N3O4S/c1-14(16-4-9-27-10-5-16)19(25)22-8-3-18-13-29-21(23-18)24-20(26)15(2)17-6-11-28-12-7-17/h13-17H,3-12H2,1-2H3,(H,22,25)(H,23,24,26). The lowest BCUT2D eigenvalue weighted by atomic mass is 9.87. The molecule has 0 bridgehead atoms. The van der Waals surface area contributed by atoms with Gasteiger partial charge in [0.1, 0.15) is 0 Å². The fourth-order valence-corrected chi connectivity index (χ4v) is 4.78. The summed E-state index contributed by atoms with van der Waals surface area (Å²) in [5.74, 6) is 0.870. The van der Waals surface area contributed by atoms with Gasteiger partial charge in [-0.3, -0.25) is 9.59 Å². The highest BCUT2D eigenvalue weighted by Gasteiger charge is 2.27. The molecule has 1 aromatic rings. The number of aromatic nitrogens is 1. The lowest BCUT2D eigenvalue weighted by molar-refractivity contribution is -0.127. The third-order valence-electron chi connectivity index (χ3n) is 6.24. The van der Waals surface area contributed by atoms with Crippen molar-refractivity contribution in [3.63, 3.8) is 0 Å². The molecule has 2 saturated heterocycles. The SMILES string of the molecule is CC(C(=O)NCCc1csc(NC(=O)C(C)C2CCOCC2)n1)C1CCOCC1. The second-order valence-electron chi connectivity index (χ2n) is 8.15. The third kappa shape index (κ3) is 6.49. The average molecular weight is 424 g/mol. The Balaban J connectivity index is 1.39. The zero-order valence-electron chi connectivity index (χ0n) is 17.4. The molecule has 1 aromatic heterocycles. The van der Waals surface area contributed by atoms with Crippen molar-refractivity contribution in [2.45, 2.75) is 46.0 Å². The number of ether oxygens (including phenoxy) is 2. The monoisotopic (exact) mass is 423 g/mol. The summed E-state index contributed by atoms with van der Waals surface area (Å²) in [6.07, 6.45) is 4.44. The molecule has 2 aliphatic heterocycles. The molecule has 0 spiro atoms. The second-order valence-corrected chi connectivity index (χ2v) is 9.01. The van der Waals surface area contributed by atoms with Gasteiger partial charge in [0.15, 0.2) is 5.13 Å². The van der Waals surface area contributed by atoms with Crippen molar-refractivity contribution in [1.82, 2.24) is 10.3 Å². The highest BCUT2D eigenvalue weighted by atomic mass is 32.1. The number of rotatable bonds is 8. The van der Waals surface area contributed by atoms with Gasteiger partial charge in [0.05, 0.1) is 5.69 Å². The summed E-state index contributed by atoms with van der Waals surface area (Å²) in [7, 11) is 0. The number of carbonyl (C=O) groups is 2. The number of hydrogen-bond acceptors (Lipinski definition) is 6. The van der Waals surface area contributed by atoms with Crippen LogP contribution in [0.25, 0.3) is 0 Å². The van der Waals surface area contributed by atoms with E-state index in [1.54, 1.807) is 0 Å². The number of amides is 2. The first-order chi connectivity index (χ1) is 14.0. The molecule has 0 aliphatic carbocycles. The molecule has 2 atom stereocenters. The number of hydrogen-bond donors (Lipinski definition) is 2. The summed E-state index contributed by atoms with van der Waals surface area (Å²) in [6.45, 7) is 7.52. The quantitative estimate of drug-likeness (QED) is 0.671. The maximum absolute atomic E-state index is 12.5. The maximum Gasteiger partial charge on any atom is 0.229 e. The first-order valence-corrected chi connectivity index (χ1v) is 11.6. The molecular formula is C21H33N3O4S. The highest BCUT2D eigenvalue weighted by Crippen LogP contribution is 2.26. The molecule has 2 unspecified atom stereocenters. The number of thiazole rings is 1. The van der Waals surface area contributed by atoms with E-state index in [2.05, 4.69) is 15.6 Å². The van der Waals surface area contributed by atoms with E-state index < -0.39 is 0 Å². The van der Waals surface area contributed by atoms with Crippen molar-refractivity contribution in [3.8, 4) is 0 Å². The normalized spacial score (nSPS) is 20.8. The van der Waals surface area contributed by atoms with Crippen molar-refractivity contribution in [2.75, 3.05) is 38.3 Å². The van der Waals surface area contributed by atoms with E-state index in [1.165, 1.54) is 11.3 Å². The first kappa shape index (κ1) is 22.2. The van der Waals surface area contributed by atoms with E-state index in [0.717, 1.165) is 57.8 Å². The smallest absolute Gasteiger partial charge is 0.229 e. The van der Waals surface area contributed by atoms with Crippen molar-refractivity contribution >= 4 is 28.3 Å². The van der Waals surface area contributed by atoms with Gasteiger partial charge in [-0.1, -0.05) is 13.8 Å². The van der Waals surface area contributed by atoms with Gasteiger partial charge in [-0.2, -0.15) is 0 Å². The Bertz CT molecular complexity index is 669. The Kier molecular flexibility index (Phi) is 8.44. The van der Waals surface area contributed by atoms with Gasteiger partial charge < -0.3 is 20.1 Å².